The maximum atomic E-state index is 12.2. The first-order valence-electron chi connectivity index (χ1n) is 7.65. The fourth-order valence-electron chi connectivity index (χ4n) is 2.22. The van der Waals surface area contributed by atoms with E-state index >= 15 is 0 Å². The first kappa shape index (κ1) is 19.9. The lowest BCUT2D eigenvalue weighted by Crippen LogP contribution is -2.30. The van der Waals surface area contributed by atoms with E-state index in [-0.39, 0.29) is 5.75 Å². The number of anilines is 1. The highest BCUT2D eigenvalue weighted by Crippen LogP contribution is 2.27. The van der Waals surface area contributed by atoms with E-state index in [4.69, 9.17) is 16.3 Å². The number of rotatable bonds is 5. The standard InChI is InChI=1S/C18H17ClF3NO3/c1-10-8-15(9-11(2)16(10)19)25-12(3)17(24)23-13-4-6-14(7-5-13)26-18(20,21)22/h4-9,12H,1-3H3,(H,23,24). The average molecular weight is 388 g/mol. The fraction of sp³-hybridized carbons (Fsp3) is 0.278. The molecule has 26 heavy (non-hydrogen) atoms. The predicted octanol–water partition coefficient (Wildman–Crippen LogP) is 5.26. The van der Waals surface area contributed by atoms with Gasteiger partial charge in [-0.15, -0.1) is 13.2 Å². The number of benzene rings is 2. The molecule has 0 saturated carbocycles. The third-order valence-electron chi connectivity index (χ3n) is 3.45. The first-order chi connectivity index (χ1) is 12.0. The second kappa shape index (κ2) is 7.86. The van der Waals surface area contributed by atoms with E-state index in [0.717, 1.165) is 23.3 Å². The first-order valence-corrected chi connectivity index (χ1v) is 8.03. The van der Waals surface area contributed by atoms with Gasteiger partial charge in [0.05, 0.1) is 0 Å². The number of aryl methyl sites for hydroxylation is 2. The monoisotopic (exact) mass is 387 g/mol. The van der Waals surface area contributed by atoms with E-state index in [9.17, 15) is 18.0 Å². The van der Waals surface area contributed by atoms with Crippen molar-refractivity contribution in [3.63, 3.8) is 0 Å². The number of ether oxygens (including phenoxy) is 2. The second-order valence-electron chi connectivity index (χ2n) is 5.69. The zero-order valence-corrected chi connectivity index (χ0v) is 15.0. The maximum Gasteiger partial charge on any atom is 0.573 e. The molecule has 4 nitrogen and oxygen atoms in total. The highest BCUT2D eigenvalue weighted by atomic mass is 35.5. The third-order valence-corrected chi connectivity index (χ3v) is 4.04. The molecule has 8 heteroatoms. The van der Waals surface area contributed by atoms with Crippen molar-refractivity contribution >= 4 is 23.2 Å². The molecule has 2 aromatic carbocycles. The summed E-state index contributed by atoms with van der Waals surface area (Å²) in [6.07, 6.45) is -5.58. The van der Waals surface area contributed by atoms with Crippen LogP contribution in [0.3, 0.4) is 0 Å². The van der Waals surface area contributed by atoms with Crippen LogP contribution in [-0.2, 0) is 4.79 Å². The molecule has 0 fully saturated rings. The minimum absolute atomic E-state index is 0.323. The normalized spacial score (nSPS) is 12.4. The van der Waals surface area contributed by atoms with Crippen LogP contribution in [0.5, 0.6) is 11.5 Å². The lowest BCUT2D eigenvalue weighted by molar-refractivity contribution is -0.274. The van der Waals surface area contributed by atoms with Crippen LogP contribution in [0.4, 0.5) is 18.9 Å². The van der Waals surface area contributed by atoms with Gasteiger partial charge in [-0.05, 0) is 68.3 Å². The molecule has 1 unspecified atom stereocenters. The molecule has 0 spiro atoms. The van der Waals surface area contributed by atoms with Gasteiger partial charge in [0.2, 0.25) is 0 Å². The molecular weight excluding hydrogens is 371 g/mol. The summed E-state index contributed by atoms with van der Waals surface area (Å²) in [4.78, 5) is 12.2. The number of carbonyl (C=O) groups excluding carboxylic acids is 1. The Bertz CT molecular complexity index is 768. The van der Waals surface area contributed by atoms with Crippen molar-refractivity contribution in [2.24, 2.45) is 0 Å². The van der Waals surface area contributed by atoms with Crippen molar-refractivity contribution in [3.8, 4) is 11.5 Å². The third kappa shape index (κ3) is 5.56. The lowest BCUT2D eigenvalue weighted by atomic mass is 10.1. The molecule has 0 aliphatic heterocycles. The SMILES string of the molecule is Cc1cc(OC(C)C(=O)Nc2ccc(OC(F)(F)F)cc2)cc(C)c1Cl. The van der Waals surface area contributed by atoms with Crippen molar-refractivity contribution in [3.05, 3.63) is 52.5 Å². The quantitative estimate of drug-likeness (QED) is 0.761. The fourth-order valence-corrected chi connectivity index (χ4v) is 2.32. The van der Waals surface area contributed by atoms with Crippen LogP contribution >= 0.6 is 11.6 Å². The summed E-state index contributed by atoms with van der Waals surface area (Å²) in [5, 5.41) is 3.20. The number of hydrogen-bond acceptors (Lipinski definition) is 3. The van der Waals surface area contributed by atoms with E-state index in [1.807, 2.05) is 13.8 Å². The van der Waals surface area contributed by atoms with Crippen LogP contribution in [0.1, 0.15) is 18.1 Å². The predicted molar refractivity (Wildman–Crippen MR) is 92.8 cm³/mol. The Kier molecular flexibility index (Phi) is 6.02. The van der Waals surface area contributed by atoms with E-state index in [1.165, 1.54) is 12.1 Å². The Morgan fingerprint density at radius 3 is 2.12 bits per heavy atom. The van der Waals surface area contributed by atoms with E-state index in [2.05, 4.69) is 10.1 Å². The number of halogens is 4. The Morgan fingerprint density at radius 1 is 1.08 bits per heavy atom. The molecule has 0 aliphatic rings. The maximum absolute atomic E-state index is 12.2. The van der Waals surface area contributed by atoms with Gasteiger partial charge in [-0.1, -0.05) is 11.6 Å². The summed E-state index contributed by atoms with van der Waals surface area (Å²) in [5.41, 5.74) is 1.98. The molecule has 0 bridgehead atoms. The smallest absolute Gasteiger partial charge is 0.481 e. The number of hydrogen-bond donors (Lipinski definition) is 1. The van der Waals surface area contributed by atoms with Crippen LogP contribution in [-0.4, -0.2) is 18.4 Å². The summed E-state index contributed by atoms with van der Waals surface area (Å²) in [6, 6.07) is 8.29. The zero-order chi connectivity index (χ0) is 19.5. The van der Waals surface area contributed by atoms with Gasteiger partial charge >= 0.3 is 6.36 Å². The lowest BCUT2D eigenvalue weighted by Gasteiger charge is -2.16. The van der Waals surface area contributed by atoms with Crippen molar-refractivity contribution in [1.29, 1.82) is 0 Å². The van der Waals surface area contributed by atoms with Crippen LogP contribution < -0.4 is 14.8 Å². The molecule has 0 heterocycles. The van der Waals surface area contributed by atoms with E-state index in [1.54, 1.807) is 19.1 Å². The van der Waals surface area contributed by atoms with Crippen LogP contribution in [0, 0.1) is 13.8 Å². The number of amides is 1. The summed E-state index contributed by atoms with van der Waals surface area (Å²) in [7, 11) is 0. The molecule has 1 atom stereocenters. The van der Waals surface area contributed by atoms with Gasteiger partial charge in [-0.2, -0.15) is 0 Å². The van der Waals surface area contributed by atoms with Crippen molar-refractivity contribution in [1.82, 2.24) is 0 Å². The van der Waals surface area contributed by atoms with Gasteiger partial charge in [0, 0.05) is 10.7 Å². The minimum atomic E-state index is -4.76. The van der Waals surface area contributed by atoms with Crippen LogP contribution in [0.2, 0.25) is 5.02 Å². The van der Waals surface area contributed by atoms with Gasteiger partial charge in [0.15, 0.2) is 6.10 Å². The van der Waals surface area contributed by atoms with Gasteiger partial charge in [0.25, 0.3) is 5.91 Å². The Morgan fingerprint density at radius 2 is 1.62 bits per heavy atom. The zero-order valence-electron chi connectivity index (χ0n) is 14.3. The highest BCUT2D eigenvalue weighted by molar-refractivity contribution is 6.32. The second-order valence-corrected chi connectivity index (χ2v) is 6.07. The molecule has 0 aliphatic carbocycles. The molecule has 2 rings (SSSR count). The molecule has 0 aromatic heterocycles. The van der Waals surface area contributed by atoms with Gasteiger partial charge in [0.1, 0.15) is 11.5 Å². The molecule has 1 N–H and O–H groups in total. The average Bonchev–Trinajstić information content (AvgIpc) is 2.53. The molecule has 140 valence electrons. The van der Waals surface area contributed by atoms with Gasteiger partial charge in [-0.3, -0.25) is 4.79 Å². The highest BCUT2D eigenvalue weighted by Gasteiger charge is 2.31. The summed E-state index contributed by atoms with van der Waals surface area (Å²) < 4.78 is 45.8. The van der Waals surface area contributed by atoms with Crippen LogP contribution in [0.25, 0.3) is 0 Å². The molecule has 1 amide bonds. The Balaban J connectivity index is 1.98. The van der Waals surface area contributed by atoms with Crippen molar-refractivity contribution in [2.75, 3.05) is 5.32 Å². The van der Waals surface area contributed by atoms with E-state index in [0.29, 0.717) is 16.5 Å². The minimum Gasteiger partial charge on any atom is -0.481 e. The summed E-state index contributed by atoms with van der Waals surface area (Å²) in [6.45, 7) is 5.23. The summed E-state index contributed by atoms with van der Waals surface area (Å²) in [5.74, 6) is -0.312. The molecule has 0 radical (unpaired) electrons. The topological polar surface area (TPSA) is 47.6 Å². The van der Waals surface area contributed by atoms with Gasteiger partial charge in [-0.25, -0.2) is 0 Å². The van der Waals surface area contributed by atoms with Crippen LogP contribution in [0.15, 0.2) is 36.4 Å². The van der Waals surface area contributed by atoms with Crippen molar-refractivity contribution < 1.29 is 27.4 Å². The summed E-state index contributed by atoms with van der Waals surface area (Å²) >= 11 is 6.09. The van der Waals surface area contributed by atoms with E-state index < -0.39 is 18.4 Å². The molecular formula is C18H17ClF3NO3. The number of carbonyl (C=O) groups is 1. The number of alkyl halides is 3. The van der Waals surface area contributed by atoms with Crippen molar-refractivity contribution in [2.45, 2.75) is 33.2 Å². The number of nitrogens with one attached hydrogen (secondary N) is 1. The Hall–Kier alpha value is -2.41. The van der Waals surface area contributed by atoms with Gasteiger partial charge < -0.3 is 14.8 Å². The largest absolute Gasteiger partial charge is 0.573 e. The molecule has 0 saturated heterocycles. The molecule has 2 aromatic rings. The Labute approximate surface area is 153 Å².